The van der Waals surface area contributed by atoms with E-state index in [-0.39, 0.29) is 0 Å². The lowest BCUT2D eigenvalue weighted by Gasteiger charge is -2.07. The number of aliphatic hydroxyl groups excluding tert-OH is 1. The van der Waals surface area contributed by atoms with Gasteiger partial charge in [-0.15, -0.1) is 0 Å². The molecule has 0 aromatic rings. The maximum absolute atomic E-state index is 8.53. The van der Waals surface area contributed by atoms with Crippen LogP contribution in [0.1, 0.15) is 26.7 Å². The summed E-state index contributed by atoms with van der Waals surface area (Å²) in [6, 6.07) is 0. The molecule has 0 heterocycles. The van der Waals surface area contributed by atoms with E-state index in [1.165, 1.54) is 0 Å². The zero-order valence-corrected chi connectivity index (χ0v) is 8.97. The highest BCUT2D eigenvalue weighted by Crippen LogP contribution is 1.86. The monoisotopic (exact) mass is 188 g/mol. The van der Waals surface area contributed by atoms with E-state index in [1.807, 2.05) is 0 Å². The highest BCUT2D eigenvalue weighted by molar-refractivity contribution is 4.54. The van der Waals surface area contributed by atoms with Crippen LogP contribution in [0.5, 0.6) is 0 Å². The zero-order valence-electron chi connectivity index (χ0n) is 8.97. The van der Waals surface area contributed by atoms with Gasteiger partial charge in [-0.1, -0.05) is 13.8 Å². The summed E-state index contributed by atoms with van der Waals surface area (Å²) in [4.78, 5) is 0. The first kappa shape index (κ1) is 12.9. The molecule has 0 amide bonds. The number of unbranched alkanes of at least 4 members (excludes halogenated alkanes) is 1. The van der Waals surface area contributed by atoms with Crippen LogP contribution in [0, 0.1) is 5.92 Å². The molecule has 0 aliphatic heterocycles. The van der Waals surface area contributed by atoms with Crippen LogP contribution in [-0.4, -0.2) is 37.9 Å². The predicted octanol–water partition coefficient (Wildman–Crippen LogP) is 0.594. The van der Waals surface area contributed by atoms with Crippen molar-refractivity contribution in [2.24, 2.45) is 5.92 Å². The number of rotatable bonds is 9. The van der Waals surface area contributed by atoms with Crippen molar-refractivity contribution < 1.29 is 5.11 Å². The first-order chi connectivity index (χ1) is 6.27. The van der Waals surface area contributed by atoms with E-state index in [2.05, 4.69) is 24.5 Å². The average molecular weight is 188 g/mol. The number of hydrogen-bond donors (Lipinski definition) is 3. The molecule has 3 N–H and O–H groups in total. The Morgan fingerprint density at radius 1 is 1.00 bits per heavy atom. The van der Waals surface area contributed by atoms with Crippen molar-refractivity contribution in [2.75, 3.05) is 32.8 Å². The van der Waals surface area contributed by atoms with Gasteiger partial charge < -0.3 is 15.7 Å². The van der Waals surface area contributed by atoms with Crippen LogP contribution in [-0.2, 0) is 0 Å². The molecule has 0 atom stereocenters. The van der Waals surface area contributed by atoms with Crippen LogP contribution in [0.2, 0.25) is 0 Å². The van der Waals surface area contributed by atoms with Crippen molar-refractivity contribution in [3.63, 3.8) is 0 Å². The van der Waals surface area contributed by atoms with E-state index in [4.69, 9.17) is 5.11 Å². The fourth-order valence-electron chi connectivity index (χ4n) is 1.05. The van der Waals surface area contributed by atoms with Gasteiger partial charge in [0.15, 0.2) is 0 Å². The fraction of sp³-hybridized carbons (Fsp3) is 1.00. The summed E-state index contributed by atoms with van der Waals surface area (Å²) in [5, 5.41) is 15.2. The Labute approximate surface area is 81.9 Å². The Kier molecular flexibility index (Phi) is 9.87. The number of hydrogen-bond acceptors (Lipinski definition) is 3. The van der Waals surface area contributed by atoms with Gasteiger partial charge in [0.2, 0.25) is 0 Å². The molecule has 0 saturated carbocycles. The van der Waals surface area contributed by atoms with Gasteiger partial charge in [0.25, 0.3) is 0 Å². The molecule has 0 unspecified atom stereocenters. The Bertz CT molecular complexity index is 96.9. The van der Waals surface area contributed by atoms with E-state index < -0.39 is 0 Å². The van der Waals surface area contributed by atoms with E-state index in [0.29, 0.717) is 6.61 Å². The normalized spacial score (nSPS) is 11.1. The Morgan fingerprint density at radius 3 is 2.31 bits per heavy atom. The molecule has 0 aromatic heterocycles. The summed E-state index contributed by atoms with van der Waals surface area (Å²) >= 11 is 0. The van der Waals surface area contributed by atoms with E-state index in [9.17, 15) is 0 Å². The summed E-state index contributed by atoms with van der Waals surface area (Å²) in [6.07, 6.45) is 1.98. The summed E-state index contributed by atoms with van der Waals surface area (Å²) in [5.41, 5.74) is 0. The second kappa shape index (κ2) is 9.96. The van der Waals surface area contributed by atoms with Gasteiger partial charge in [-0.05, 0) is 31.8 Å². The van der Waals surface area contributed by atoms with Gasteiger partial charge in [-0.2, -0.15) is 0 Å². The van der Waals surface area contributed by atoms with Crippen molar-refractivity contribution in [3.8, 4) is 0 Å². The maximum Gasteiger partial charge on any atom is 0.0431 e. The molecule has 0 aromatic carbocycles. The van der Waals surface area contributed by atoms with Gasteiger partial charge in [0.05, 0.1) is 0 Å². The third-order valence-corrected chi connectivity index (χ3v) is 1.79. The third kappa shape index (κ3) is 11.9. The molecule has 0 aliphatic carbocycles. The van der Waals surface area contributed by atoms with E-state index in [1.54, 1.807) is 0 Å². The van der Waals surface area contributed by atoms with Gasteiger partial charge in [-0.3, -0.25) is 0 Å². The minimum Gasteiger partial charge on any atom is -0.396 e. The van der Waals surface area contributed by atoms with E-state index >= 15 is 0 Å². The fourth-order valence-corrected chi connectivity index (χ4v) is 1.05. The lowest BCUT2D eigenvalue weighted by molar-refractivity contribution is 0.283. The van der Waals surface area contributed by atoms with Crippen LogP contribution < -0.4 is 10.6 Å². The highest BCUT2D eigenvalue weighted by Gasteiger charge is 1.91. The third-order valence-electron chi connectivity index (χ3n) is 1.79. The van der Waals surface area contributed by atoms with Gasteiger partial charge in [0, 0.05) is 19.7 Å². The Morgan fingerprint density at radius 2 is 1.69 bits per heavy atom. The Balaban J connectivity index is 2.84. The molecule has 0 spiro atoms. The summed E-state index contributed by atoms with van der Waals surface area (Å²) in [7, 11) is 0. The topological polar surface area (TPSA) is 44.3 Å². The van der Waals surface area contributed by atoms with Gasteiger partial charge in [0.1, 0.15) is 0 Å². The van der Waals surface area contributed by atoms with Crippen molar-refractivity contribution >= 4 is 0 Å². The molecular formula is C10H24N2O. The molecule has 3 heteroatoms. The SMILES string of the molecule is CC(C)CNCCNCCCCO. The zero-order chi connectivity index (χ0) is 9.94. The number of aliphatic hydroxyl groups is 1. The Hall–Kier alpha value is -0.120. The van der Waals surface area contributed by atoms with Crippen LogP contribution in [0.15, 0.2) is 0 Å². The highest BCUT2D eigenvalue weighted by atomic mass is 16.2. The van der Waals surface area contributed by atoms with Crippen LogP contribution in [0.4, 0.5) is 0 Å². The molecular weight excluding hydrogens is 164 g/mol. The maximum atomic E-state index is 8.53. The lowest BCUT2D eigenvalue weighted by atomic mass is 10.2. The molecule has 0 fully saturated rings. The average Bonchev–Trinajstić information content (AvgIpc) is 2.09. The number of nitrogens with one attached hydrogen (secondary N) is 2. The second-order valence-corrected chi connectivity index (χ2v) is 3.78. The van der Waals surface area contributed by atoms with Crippen molar-refractivity contribution in [1.29, 1.82) is 0 Å². The van der Waals surface area contributed by atoms with Crippen molar-refractivity contribution in [2.45, 2.75) is 26.7 Å². The molecule has 0 rings (SSSR count). The molecule has 80 valence electrons. The molecule has 0 saturated heterocycles. The summed E-state index contributed by atoms with van der Waals surface area (Å²) in [5.74, 6) is 0.731. The van der Waals surface area contributed by atoms with Gasteiger partial charge >= 0.3 is 0 Å². The second-order valence-electron chi connectivity index (χ2n) is 3.78. The van der Waals surface area contributed by atoms with Crippen molar-refractivity contribution in [1.82, 2.24) is 10.6 Å². The van der Waals surface area contributed by atoms with Crippen molar-refractivity contribution in [3.05, 3.63) is 0 Å². The molecule has 0 radical (unpaired) electrons. The first-order valence-electron chi connectivity index (χ1n) is 5.29. The smallest absolute Gasteiger partial charge is 0.0431 e. The quantitative estimate of drug-likeness (QED) is 0.464. The first-order valence-corrected chi connectivity index (χ1v) is 5.29. The molecule has 0 aliphatic rings. The van der Waals surface area contributed by atoms with Crippen LogP contribution in [0.25, 0.3) is 0 Å². The largest absolute Gasteiger partial charge is 0.396 e. The summed E-state index contributed by atoms with van der Waals surface area (Å²) in [6.45, 7) is 8.91. The minimum absolute atomic E-state index is 0.313. The van der Waals surface area contributed by atoms with E-state index in [0.717, 1.165) is 44.9 Å². The minimum atomic E-state index is 0.313. The summed E-state index contributed by atoms with van der Waals surface area (Å²) < 4.78 is 0. The lowest BCUT2D eigenvalue weighted by Crippen LogP contribution is -2.30. The molecule has 0 bridgehead atoms. The predicted molar refractivity (Wildman–Crippen MR) is 56.9 cm³/mol. The standard InChI is InChI=1S/C10H24N2O/c1-10(2)9-12-7-6-11-5-3-4-8-13/h10-13H,3-9H2,1-2H3. The molecule has 3 nitrogen and oxygen atoms in total. The van der Waals surface area contributed by atoms with Crippen LogP contribution >= 0.6 is 0 Å². The molecule has 13 heavy (non-hydrogen) atoms. The van der Waals surface area contributed by atoms with Gasteiger partial charge in [-0.25, -0.2) is 0 Å². The van der Waals surface area contributed by atoms with Crippen LogP contribution in [0.3, 0.4) is 0 Å².